The number of rotatable bonds is 50. The molecule has 1 N–H and O–H groups in total. The van der Waals surface area contributed by atoms with Gasteiger partial charge in [-0.3, -0.25) is 4.78 Å². The highest BCUT2D eigenvalue weighted by atomic mass is 79.9. The number of aryl methyl sites for hydroxylation is 6. The van der Waals surface area contributed by atoms with Crippen LogP contribution >= 0.6 is 123 Å². The van der Waals surface area contributed by atoms with E-state index >= 15 is 0 Å². The monoisotopic (exact) mass is 1840 g/mol. The molecule has 8 aromatic heterocycles. The van der Waals surface area contributed by atoms with E-state index in [-0.39, 0.29) is 17.5 Å². The number of halogens is 5. The van der Waals surface area contributed by atoms with Gasteiger partial charge in [0.1, 0.15) is 17.5 Å². The largest absolute Gasteiger partial charge is 0.294 e. The number of nitrogens with one attached hydrogen (secondary N) is 1. The van der Waals surface area contributed by atoms with Gasteiger partial charge in [-0.25, -0.2) is 13.2 Å². The molecule has 0 amide bonds. The second-order valence-corrected chi connectivity index (χ2v) is 50.1. The van der Waals surface area contributed by atoms with Crippen LogP contribution in [0.1, 0.15) is 317 Å². The predicted octanol–water partition coefficient (Wildman–Crippen LogP) is 39.0. The van der Waals surface area contributed by atoms with Crippen molar-refractivity contribution in [1.29, 1.82) is 4.78 Å². The van der Waals surface area contributed by atoms with Crippen molar-refractivity contribution in [2.24, 2.45) is 0 Å². The van der Waals surface area contributed by atoms with Gasteiger partial charge < -0.3 is 0 Å². The summed E-state index contributed by atoms with van der Waals surface area (Å²) in [5, 5.41) is 0. The summed E-state index contributed by atoms with van der Waals surface area (Å²) in [4.78, 5) is 12.2. The molecule has 0 aliphatic rings. The molecule has 0 atom stereocenters. The van der Waals surface area contributed by atoms with E-state index < -0.39 is 8.96 Å². The molecule has 0 aliphatic heterocycles. The van der Waals surface area contributed by atoms with Gasteiger partial charge in [-0.1, -0.05) is 301 Å². The highest BCUT2D eigenvalue weighted by molar-refractivity contribution is 9.11. The Bertz CT molecular complexity index is 4340. The fourth-order valence-corrected chi connectivity index (χ4v) is 27.4. The Morgan fingerprint density at radius 1 is 0.281 bits per heavy atom. The van der Waals surface area contributed by atoms with Crippen LogP contribution in [0.2, 0.25) is 0 Å². The summed E-state index contributed by atoms with van der Waals surface area (Å²) < 4.78 is 57.4. The summed E-state index contributed by atoms with van der Waals surface area (Å²) in [5.41, 5.74) is 9.20. The molecule has 114 heavy (non-hydrogen) atoms. The molecule has 0 saturated carbocycles. The summed E-state index contributed by atoms with van der Waals surface area (Å²) in [6.45, 7) is 13.2. The Labute approximate surface area is 737 Å². The van der Waals surface area contributed by atoms with Gasteiger partial charge >= 0.3 is 0 Å². The van der Waals surface area contributed by atoms with Gasteiger partial charge in [0.25, 0.3) is 0 Å². The third-order valence-electron chi connectivity index (χ3n) is 21.5. The fraction of sp³-hybridized carbons (Fsp3) is 0.535. The molecule has 8 heterocycles. The Hall–Kier alpha value is -3.32. The molecule has 0 saturated heterocycles. The van der Waals surface area contributed by atoms with Crippen molar-refractivity contribution < 1.29 is 13.2 Å². The standard InChI is InChI=1S/C50H62F2S4.C32H52Br2S2.C10H15NS3.C7H7F/c1-3-5-7-9-11-13-15-17-19-21-23-39-33-44(55-49(39)38-27-31-42(52)32-28-38)45-34-40(24-22-20-18-16-14-12-10-8-6-4-2)50(56-45)48-36-47-46(54-48)35-43(53-47)37-25-29-41(51)30-26-37;1-3-5-7-9-11-13-15-17-19-21-23-27-25-29(35-31(27)33)30-26-28(32(34)36-30)24-22-20-18-16-14-12-10-8-6-4-2;1-7-5-8-9(12-7)6-10(13-8)14(2,3,4)11;1-6-2-4-7(8)5-3-6/h25-36H,3-24H2,1-2H3;25-26H,3-24H2,1-2H3;5-6,11H,1-4H3;2-5H,1H3. The quantitative estimate of drug-likeness (QED) is 0.0368. The maximum Gasteiger partial charge on any atom is 0.123 e. The van der Waals surface area contributed by atoms with Crippen molar-refractivity contribution in [2.75, 3.05) is 18.8 Å². The number of hydrogen-bond donors (Lipinski definition) is 1. The number of hydrogen-bond acceptors (Lipinski definition) is 9. The summed E-state index contributed by atoms with van der Waals surface area (Å²) in [5.74, 6) is -0.545. The predicted molar refractivity (Wildman–Crippen MR) is 524 cm³/mol. The minimum atomic E-state index is -2.04. The number of benzene rings is 3. The topological polar surface area (TPSA) is 23.9 Å². The molecule has 0 radical (unpaired) electrons. The molecule has 11 rings (SSSR count). The average Bonchev–Trinajstić information content (AvgIpc) is 1.62. The van der Waals surface area contributed by atoms with Crippen LogP contribution in [0.4, 0.5) is 13.2 Å². The lowest BCUT2D eigenvalue weighted by molar-refractivity contribution is 0.556. The third kappa shape index (κ3) is 34.7. The number of fused-ring (bicyclic) bond motifs is 2. The molecule has 0 fully saturated rings. The molecule has 0 aliphatic carbocycles. The molecule has 626 valence electrons. The van der Waals surface area contributed by atoms with E-state index in [2.05, 4.69) is 134 Å². The van der Waals surface area contributed by atoms with Crippen LogP contribution in [-0.4, -0.2) is 18.8 Å². The van der Waals surface area contributed by atoms with E-state index in [1.807, 2.05) is 99.2 Å². The van der Waals surface area contributed by atoms with Crippen LogP contribution in [0.5, 0.6) is 0 Å². The SMILES string of the molecule is CCCCCCCCCCCCc1cc(-c2cc(CCCCCCCCCCCC)c(-c3cc4sc(-c5ccc(F)cc5)cc4s3)s2)sc1-c1ccc(F)cc1.CCCCCCCCCCCCc1cc(-c2cc(CCCCCCCCCCCC)c(Br)s2)sc1Br.Cc1cc2sc(S(C)(C)(C)=N)cc2s1.Cc1ccc(F)cc1. The van der Waals surface area contributed by atoms with Gasteiger partial charge in [0, 0.05) is 62.7 Å². The molecule has 1 nitrogen and oxygen atoms in total. The van der Waals surface area contributed by atoms with E-state index in [0.717, 1.165) is 29.5 Å². The first-order valence-corrected chi connectivity index (χ1v) is 55.3. The zero-order valence-corrected chi connectivity index (χ0v) is 81.2. The minimum absolute atomic E-state index is 0.171. The smallest absolute Gasteiger partial charge is 0.123 e. The van der Waals surface area contributed by atoms with Crippen LogP contribution in [0.25, 0.3) is 68.9 Å². The number of unbranched alkanes of at least 4 members (excludes halogenated alkanes) is 36. The van der Waals surface area contributed by atoms with Gasteiger partial charge in [0.2, 0.25) is 0 Å². The van der Waals surface area contributed by atoms with Crippen LogP contribution in [0.15, 0.2) is 133 Å². The first-order valence-electron chi connectivity index (χ1n) is 43.9. The zero-order valence-electron chi connectivity index (χ0n) is 70.7. The zero-order chi connectivity index (χ0) is 81.4. The van der Waals surface area contributed by atoms with E-state index in [9.17, 15) is 13.2 Å². The lowest BCUT2D eigenvalue weighted by atomic mass is 10.0. The van der Waals surface area contributed by atoms with Crippen molar-refractivity contribution in [1.82, 2.24) is 0 Å². The first kappa shape index (κ1) is 96.1. The minimum Gasteiger partial charge on any atom is -0.294 e. The van der Waals surface area contributed by atoms with Crippen LogP contribution in [0, 0.1) is 36.1 Å². The Morgan fingerprint density at radius 2 is 0.570 bits per heavy atom. The highest BCUT2D eigenvalue weighted by Gasteiger charge is 2.23. The molecule has 3 aromatic carbocycles. The first-order chi connectivity index (χ1) is 55.2. The van der Waals surface area contributed by atoms with Crippen LogP contribution in [0.3, 0.4) is 0 Å². The maximum atomic E-state index is 14.0. The number of thiophene rings is 8. The Balaban J connectivity index is 0.000000235. The lowest BCUT2D eigenvalue weighted by Crippen LogP contribution is -2.23. The van der Waals surface area contributed by atoms with Crippen molar-refractivity contribution in [2.45, 2.75) is 328 Å². The molecule has 0 bridgehead atoms. The fourth-order valence-electron chi connectivity index (χ4n) is 14.7. The van der Waals surface area contributed by atoms with Gasteiger partial charge in [0.15, 0.2) is 0 Å². The summed E-state index contributed by atoms with van der Waals surface area (Å²) in [7, 11) is -2.04. The van der Waals surface area contributed by atoms with Gasteiger partial charge in [-0.2, -0.15) is 8.96 Å². The summed E-state index contributed by atoms with van der Waals surface area (Å²) in [6, 6.07) is 39.4. The second-order valence-electron chi connectivity index (χ2n) is 32.9. The Kier molecular flexibility index (Phi) is 44.5. The van der Waals surface area contributed by atoms with Crippen LogP contribution in [-0.2, 0) is 34.6 Å². The summed E-state index contributed by atoms with van der Waals surface area (Å²) >= 11 is 22.7. The van der Waals surface area contributed by atoms with Crippen LogP contribution < -0.4 is 0 Å². The van der Waals surface area contributed by atoms with E-state index in [0.29, 0.717) is 0 Å². The van der Waals surface area contributed by atoms with Crippen molar-refractivity contribution in [3.63, 3.8) is 0 Å². The maximum absolute atomic E-state index is 14.0. The Morgan fingerprint density at radius 3 is 0.939 bits per heavy atom. The molecule has 15 heteroatoms. The highest BCUT2D eigenvalue weighted by Crippen LogP contribution is 2.50. The van der Waals surface area contributed by atoms with Gasteiger partial charge in [-0.15, -0.1) is 90.7 Å². The molecular weight excluding hydrogens is 1710 g/mol. The van der Waals surface area contributed by atoms with Gasteiger partial charge in [-0.05, 0) is 234 Å². The van der Waals surface area contributed by atoms with Crippen molar-refractivity contribution >= 4 is 150 Å². The molecule has 11 aromatic rings. The molecular formula is C99H136Br2F3NS9. The normalized spacial score (nSPS) is 12.0. The molecule has 0 unspecified atom stereocenters. The molecule has 0 spiro atoms. The lowest BCUT2D eigenvalue weighted by Gasteiger charge is -2.31. The average molecular weight is 1850 g/mol. The van der Waals surface area contributed by atoms with E-state index in [1.165, 1.54) is 379 Å². The second kappa shape index (κ2) is 52.8. The van der Waals surface area contributed by atoms with Gasteiger partial charge in [0.05, 0.1) is 11.8 Å². The van der Waals surface area contributed by atoms with Crippen molar-refractivity contribution in [3.05, 3.63) is 179 Å². The van der Waals surface area contributed by atoms with E-state index in [1.54, 1.807) is 59.1 Å². The van der Waals surface area contributed by atoms with E-state index in [4.69, 9.17) is 4.78 Å². The van der Waals surface area contributed by atoms with Crippen molar-refractivity contribution in [3.8, 4) is 50.1 Å². The summed E-state index contributed by atoms with van der Waals surface area (Å²) in [6.07, 6.45) is 65.7. The third-order valence-corrected chi connectivity index (χ3v) is 36.3.